The fourth-order valence-corrected chi connectivity index (χ4v) is 3.14. The van der Waals surface area contributed by atoms with Gasteiger partial charge in [-0.1, -0.05) is 30.1 Å². The summed E-state index contributed by atoms with van der Waals surface area (Å²) in [6, 6.07) is 7.46. The molecule has 1 heterocycles. The van der Waals surface area contributed by atoms with Crippen molar-refractivity contribution in [1.29, 1.82) is 0 Å². The molecule has 0 saturated heterocycles. The first kappa shape index (κ1) is 15.7. The van der Waals surface area contributed by atoms with Crippen LogP contribution in [0.15, 0.2) is 28.8 Å². The van der Waals surface area contributed by atoms with Crippen LogP contribution in [0.5, 0.6) is 0 Å². The summed E-state index contributed by atoms with van der Waals surface area (Å²) in [6.07, 6.45) is 3.74. The lowest BCUT2D eigenvalue weighted by molar-refractivity contribution is 0.0891. The number of methoxy groups -OCH3 is 1. The fourth-order valence-electron chi connectivity index (χ4n) is 3.14. The molecular formula is C17H21N3O3. The largest absolute Gasteiger partial charge is 0.380 e. The van der Waals surface area contributed by atoms with Crippen molar-refractivity contribution in [2.45, 2.75) is 44.8 Å². The third-order valence-electron chi connectivity index (χ3n) is 4.27. The molecule has 122 valence electrons. The van der Waals surface area contributed by atoms with Crippen LogP contribution in [0.2, 0.25) is 0 Å². The van der Waals surface area contributed by atoms with Gasteiger partial charge in [-0.15, -0.1) is 0 Å². The van der Waals surface area contributed by atoms with E-state index < -0.39 is 5.54 Å². The second kappa shape index (κ2) is 6.50. The average Bonchev–Trinajstić information content (AvgIpc) is 3.18. The van der Waals surface area contributed by atoms with E-state index >= 15 is 0 Å². The van der Waals surface area contributed by atoms with Gasteiger partial charge in [0.05, 0.1) is 6.61 Å². The van der Waals surface area contributed by atoms with E-state index in [-0.39, 0.29) is 5.91 Å². The van der Waals surface area contributed by atoms with Crippen molar-refractivity contribution in [3.63, 3.8) is 0 Å². The normalized spacial score (nSPS) is 16.4. The van der Waals surface area contributed by atoms with E-state index in [4.69, 9.17) is 9.26 Å². The molecule has 1 aromatic carbocycles. The maximum atomic E-state index is 12.7. The molecule has 0 aliphatic heterocycles. The molecule has 0 radical (unpaired) electrons. The van der Waals surface area contributed by atoms with E-state index in [0.29, 0.717) is 23.9 Å². The minimum absolute atomic E-state index is 0.118. The molecule has 2 aromatic rings. The number of hydrogen-bond donors (Lipinski definition) is 1. The lowest BCUT2D eigenvalue weighted by Gasteiger charge is -2.26. The minimum atomic E-state index is -0.522. The Morgan fingerprint density at radius 2 is 2.17 bits per heavy atom. The quantitative estimate of drug-likeness (QED) is 0.918. The molecule has 3 rings (SSSR count). The number of rotatable bonds is 5. The number of benzene rings is 1. The van der Waals surface area contributed by atoms with Crippen molar-refractivity contribution in [2.75, 3.05) is 7.11 Å². The third-order valence-corrected chi connectivity index (χ3v) is 4.27. The van der Waals surface area contributed by atoms with E-state index in [1.54, 1.807) is 20.1 Å². The van der Waals surface area contributed by atoms with Gasteiger partial charge in [-0.2, -0.15) is 4.98 Å². The van der Waals surface area contributed by atoms with Crippen molar-refractivity contribution in [2.24, 2.45) is 0 Å². The van der Waals surface area contributed by atoms with Crippen molar-refractivity contribution in [3.05, 3.63) is 47.1 Å². The Kier molecular flexibility index (Phi) is 4.43. The van der Waals surface area contributed by atoms with Gasteiger partial charge >= 0.3 is 0 Å². The maximum Gasteiger partial charge on any atom is 0.252 e. The van der Waals surface area contributed by atoms with Gasteiger partial charge in [-0.05, 0) is 30.5 Å². The Morgan fingerprint density at radius 3 is 2.83 bits per heavy atom. The van der Waals surface area contributed by atoms with Gasteiger partial charge in [-0.3, -0.25) is 4.79 Å². The van der Waals surface area contributed by atoms with Crippen LogP contribution >= 0.6 is 0 Å². The Morgan fingerprint density at radius 1 is 1.39 bits per heavy atom. The SMILES string of the molecule is COCc1cccc(C(=O)NC2(c3noc(C)n3)CCCC2)c1. The van der Waals surface area contributed by atoms with Crippen molar-refractivity contribution in [3.8, 4) is 0 Å². The Bertz CT molecular complexity index is 690. The zero-order valence-corrected chi connectivity index (χ0v) is 13.5. The molecule has 1 aliphatic rings. The molecule has 1 N–H and O–H groups in total. The van der Waals surface area contributed by atoms with E-state index in [1.165, 1.54) is 0 Å². The van der Waals surface area contributed by atoms with Crippen LogP contribution < -0.4 is 5.32 Å². The number of nitrogens with zero attached hydrogens (tertiary/aromatic N) is 2. The van der Waals surface area contributed by atoms with E-state index in [0.717, 1.165) is 31.2 Å². The smallest absolute Gasteiger partial charge is 0.252 e. The van der Waals surface area contributed by atoms with Crippen molar-refractivity contribution in [1.82, 2.24) is 15.5 Å². The summed E-state index contributed by atoms with van der Waals surface area (Å²) in [6.45, 7) is 2.24. The first-order valence-corrected chi connectivity index (χ1v) is 7.84. The maximum absolute atomic E-state index is 12.7. The van der Waals surface area contributed by atoms with Crippen molar-refractivity contribution < 1.29 is 14.1 Å². The lowest BCUT2D eigenvalue weighted by atomic mass is 9.95. The molecule has 0 bridgehead atoms. The number of ether oxygens (including phenoxy) is 1. The summed E-state index contributed by atoms with van der Waals surface area (Å²) in [5.74, 6) is 0.976. The van der Waals surface area contributed by atoms with Gasteiger partial charge in [0, 0.05) is 19.6 Å². The second-order valence-electron chi connectivity index (χ2n) is 6.01. The first-order valence-electron chi connectivity index (χ1n) is 7.84. The Balaban J connectivity index is 1.83. The lowest BCUT2D eigenvalue weighted by Crippen LogP contribution is -2.44. The summed E-state index contributed by atoms with van der Waals surface area (Å²) in [7, 11) is 1.64. The molecule has 1 aliphatic carbocycles. The standard InChI is InChI=1S/C17H21N3O3/c1-12-18-16(20-23-12)17(8-3-4-9-17)19-15(21)14-7-5-6-13(10-14)11-22-2/h5-7,10H,3-4,8-9,11H2,1-2H3,(H,19,21). The van der Waals surface area contributed by atoms with Crippen LogP contribution in [0.3, 0.4) is 0 Å². The molecule has 6 nitrogen and oxygen atoms in total. The number of aryl methyl sites for hydroxylation is 1. The summed E-state index contributed by atoms with van der Waals surface area (Å²) in [5, 5.41) is 7.19. The molecule has 1 saturated carbocycles. The number of nitrogens with one attached hydrogen (secondary N) is 1. The van der Waals surface area contributed by atoms with Crippen LogP contribution in [0.1, 0.15) is 53.3 Å². The molecular weight excluding hydrogens is 294 g/mol. The Hall–Kier alpha value is -2.21. The highest BCUT2D eigenvalue weighted by Crippen LogP contribution is 2.37. The van der Waals surface area contributed by atoms with Gasteiger partial charge in [0.25, 0.3) is 5.91 Å². The highest BCUT2D eigenvalue weighted by Gasteiger charge is 2.41. The van der Waals surface area contributed by atoms with Gasteiger partial charge < -0.3 is 14.6 Å². The molecule has 1 aromatic heterocycles. The number of carbonyl (C=O) groups excluding carboxylic acids is 1. The predicted octanol–water partition coefficient (Wildman–Crippen LogP) is 2.72. The van der Waals surface area contributed by atoms with Gasteiger partial charge in [0.15, 0.2) is 5.82 Å². The zero-order chi connectivity index (χ0) is 16.3. The third kappa shape index (κ3) is 3.27. The van der Waals surface area contributed by atoms with Crippen LogP contribution in [-0.2, 0) is 16.9 Å². The summed E-state index contributed by atoms with van der Waals surface area (Å²) in [4.78, 5) is 17.1. The van der Waals surface area contributed by atoms with E-state index in [9.17, 15) is 4.79 Å². The molecule has 1 amide bonds. The number of carbonyl (C=O) groups is 1. The topological polar surface area (TPSA) is 77.2 Å². The molecule has 23 heavy (non-hydrogen) atoms. The van der Waals surface area contributed by atoms with Crippen LogP contribution in [0.4, 0.5) is 0 Å². The fraction of sp³-hybridized carbons (Fsp3) is 0.471. The highest BCUT2D eigenvalue weighted by molar-refractivity contribution is 5.94. The molecule has 0 spiro atoms. The summed E-state index contributed by atoms with van der Waals surface area (Å²) in [5.41, 5.74) is 1.06. The average molecular weight is 315 g/mol. The number of hydrogen-bond acceptors (Lipinski definition) is 5. The number of amides is 1. The van der Waals surface area contributed by atoms with Gasteiger partial charge in [0.2, 0.25) is 5.89 Å². The molecule has 0 atom stereocenters. The van der Waals surface area contributed by atoms with Crippen LogP contribution in [0, 0.1) is 6.92 Å². The van der Waals surface area contributed by atoms with Crippen LogP contribution in [-0.4, -0.2) is 23.2 Å². The highest BCUT2D eigenvalue weighted by atomic mass is 16.5. The predicted molar refractivity (Wildman–Crippen MR) is 83.8 cm³/mol. The first-order chi connectivity index (χ1) is 11.1. The Labute approximate surface area is 135 Å². The van der Waals surface area contributed by atoms with Crippen molar-refractivity contribution >= 4 is 5.91 Å². The molecule has 0 unspecified atom stereocenters. The zero-order valence-electron chi connectivity index (χ0n) is 13.5. The van der Waals surface area contributed by atoms with Crippen LogP contribution in [0.25, 0.3) is 0 Å². The number of aromatic nitrogens is 2. The monoisotopic (exact) mass is 315 g/mol. The van der Waals surface area contributed by atoms with E-state index in [1.807, 2.05) is 18.2 Å². The summed E-state index contributed by atoms with van der Waals surface area (Å²) < 4.78 is 10.2. The minimum Gasteiger partial charge on any atom is -0.380 e. The summed E-state index contributed by atoms with van der Waals surface area (Å²) >= 11 is 0. The van der Waals surface area contributed by atoms with E-state index in [2.05, 4.69) is 15.5 Å². The van der Waals surface area contributed by atoms with Gasteiger partial charge in [0.1, 0.15) is 5.54 Å². The second-order valence-corrected chi connectivity index (χ2v) is 6.01. The molecule has 6 heteroatoms. The molecule has 1 fully saturated rings. The van der Waals surface area contributed by atoms with Gasteiger partial charge in [-0.25, -0.2) is 0 Å².